The molecule has 0 aromatic heterocycles. The third-order valence-electron chi connectivity index (χ3n) is 4.82. The predicted octanol–water partition coefficient (Wildman–Crippen LogP) is 3.62. The molecule has 3 aromatic carbocycles. The first-order chi connectivity index (χ1) is 14.5. The van der Waals surface area contributed by atoms with E-state index in [1.807, 2.05) is 6.07 Å². The van der Waals surface area contributed by atoms with E-state index in [2.05, 4.69) is 10.6 Å². The predicted molar refractivity (Wildman–Crippen MR) is 112 cm³/mol. The Morgan fingerprint density at radius 3 is 2.40 bits per heavy atom. The van der Waals surface area contributed by atoms with E-state index in [1.165, 1.54) is 6.07 Å². The van der Waals surface area contributed by atoms with Gasteiger partial charge in [-0.3, -0.25) is 4.79 Å². The van der Waals surface area contributed by atoms with Crippen molar-refractivity contribution in [1.29, 1.82) is 0 Å². The van der Waals surface area contributed by atoms with E-state index in [4.69, 9.17) is 9.47 Å². The molecule has 2 heterocycles. The van der Waals surface area contributed by atoms with Crippen LogP contribution in [-0.2, 0) is 14.6 Å². The third kappa shape index (κ3) is 2.98. The lowest BCUT2D eigenvalue weighted by Crippen LogP contribution is -2.20. The van der Waals surface area contributed by atoms with E-state index < -0.39 is 15.7 Å². The molecule has 3 aromatic rings. The van der Waals surface area contributed by atoms with Crippen molar-refractivity contribution >= 4 is 32.8 Å². The average Bonchev–Trinajstić information content (AvgIpc) is 3.29. The van der Waals surface area contributed by atoms with Gasteiger partial charge in [0.25, 0.3) is 5.91 Å². The average molecular weight is 420 g/mol. The van der Waals surface area contributed by atoms with Gasteiger partial charge in [0.1, 0.15) is 0 Å². The van der Waals surface area contributed by atoms with Gasteiger partial charge in [-0.15, -0.1) is 0 Å². The molecule has 0 fully saturated rings. The molecular weight excluding hydrogens is 404 g/mol. The maximum absolute atomic E-state index is 13.2. The lowest BCUT2D eigenvalue weighted by Gasteiger charge is -2.12. The lowest BCUT2D eigenvalue weighted by molar-refractivity contribution is -0.112. The van der Waals surface area contributed by atoms with Crippen LogP contribution in [0.4, 0.5) is 11.4 Å². The minimum absolute atomic E-state index is 0.0893. The topological polar surface area (TPSA) is 93.7 Å². The highest BCUT2D eigenvalue weighted by Gasteiger charge is 2.40. The van der Waals surface area contributed by atoms with Crippen molar-refractivity contribution in [2.45, 2.75) is 4.90 Å². The van der Waals surface area contributed by atoms with Gasteiger partial charge in [-0.25, -0.2) is 8.42 Å². The number of rotatable bonds is 4. The van der Waals surface area contributed by atoms with E-state index in [-0.39, 0.29) is 22.3 Å². The number of sulfone groups is 1. The zero-order valence-electron chi connectivity index (χ0n) is 15.6. The van der Waals surface area contributed by atoms with Crippen molar-refractivity contribution in [3.05, 3.63) is 83.3 Å². The highest BCUT2D eigenvalue weighted by atomic mass is 32.2. The summed E-state index contributed by atoms with van der Waals surface area (Å²) in [4.78, 5) is 12.8. The van der Waals surface area contributed by atoms with Crippen LogP contribution in [0.2, 0.25) is 0 Å². The maximum Gasteiger partial charge on any atom is 0.269 e. The van der Waals surface area contributed by atoms with Crippen LogP contribution in [0.15, 0.2) is 82.6 Å². The number of amides is 1. The van der Waals surface area contributed by atoms with E-state index in [0.717, 1.165) is 0 Å². The Hall–Kier alpha value is -3.78. The first-order valence-corrected chi connectivity index (χ1v) is 10.6. The van der Waals surface area contributed by atoms with Crippen LogP contribution in [0.25, 0.3) is 5.70 Å². The highest BCUT2D eigenvalue weighted by Crippen LogP contribution is 2.41. The van der Waals surface area contributed by atoms with Crippen LogP contribution >= 0.6 is 0 Å². The highest BCUT2D eigenvalue weighted by molar-refractivity contribution is 7.97. The zero-order valence-corrected chi connectivity index (χ0v) is 16.4. The van der Waals surface area contributed by atoms with Gasteiger partial charge in [-0.2, -0.15) is 0 Å². The molecule has 30 heavy (non-hydrogen) atoms. The fraction of sp³-hybridized carbons (Fsp3) is 0.0455. The van der Waals surface area contributed by atoms with E-state index in [9.17, 15) is 13.2 Å². The first-order valence-electron chi connectivity index (χ1n) is 9.16. The quantitative estimate of drug-likeness (QED) is 0.670. The van der Waals surface area contributed by atoms with Crippen molar-refractivity contribution in [2.24, 2.45) is 0 Å². The second-order valence-electron chi connectivity index (χ2n) is 6.72. The van der Waals surface area contributed by atoms with Gasteiger partial charge in [0.15, 0.2) is 16.4 Å². The molecule has 0 atom stereocenters. The number of anilines is 2. The Morgan fingerprint density at radius 1 is 0.833 bits per heavy atom. The molecule has 7 nitrogen and oxygen atoms in total. The molecule has 0 saturated carbocycles. The molecular formula is C22H16N2O5S. The molecule has 0 aliphatic carbocycles. The van der Waals surface area contributed by atoms with Gasteiger partial charge in [0, 0.05) is 23.0 Å². The summed E-state index contributed by atoms with van der Waals surface area (Å²) >= 11 is 0. The fourth-order valence-corrected chi connectivity index (χ4v) is 5.12. The van der Waals surface area contributed by atoms with Gasteiger partial charge in [0.2, 0.25) is 16.6 Å². The van der Waals surface area contributed by atoms with Gasteiger partial charge < -0.3 is 20.1 Å². The molecule has 0 spiro atoms. The number of hydrogen-bond acceptors (Lipinski definition) is 6. The minimum atomic E-state index is -4.00. The molecule has 2 aliphatic rings. The molecule has 0 radical (unpaired) electrons. The van der Waals surface area contributed by atoms with E-state index in [1.54, 1.807) is 60.7 Å². The summed E-state index contributed by atoms with van der Waals surface area (Å²) in [5.74, 6) is 0.446. The van der Waals surface area contributed by atoms with Crippen LogP contribution in [0.3, 0.4) is 0 Å². The number of hydrogen-bond donors (Lipinski definition) is 2. The second-order valence-corrected chi connectivity index (χ2v) is 8.57. The smallest absolute Gasteiger partial charge is 0.269 e. The van der Waals surface area contributed by atoms with Crippen LogP contribution < -0.4 is 20.1 Å². The van der Waals surface area contributed by atoms with Gasteiger partial charge in [0.05, 0.1) is 10.6 Å². The Morgan fingerprint density at radius 2 is 1.57 bits per heavy atom. The summed E-state index contributed by atoms with van der Waals surface area (Å²) in [7, 11) is -4.00. The fourth-order valence-electron chi connectivity index (χ4n) is 3.46. The zero-order chi connectivity index (χ0) is 20.7. The summed E-state index contributed by atoms with van der Waals surface area (Å²) in [5.41, 5.74) is 1.74. The SMILES string of the molecule is O=C(Nc1ccccc1)C1=C(Nc2ccc3c(c2)OCO3)c2ccccc2S1(=O)=O. The molecule has 0 unspecified atom stereocenters. The summed E-state index contributed by atoms with van der Waals surface area (Å²) in [5, 5.41) is 5.77. The second kappa shape index (κ2) is 6.93. The Labute approximate surface area is 172 Å². The van der Waals surface area contributed by atoms with Crippen molar-refractivity contribution in [3.8, 4) is 11.5 Å². The largest absolute Gasteiger partial charge is 0.454 e. The number of carbonyl (C=O) groups excluding carboxylic acids is 1. The number of fused-ring (bicyclic) bond motifs is 2. The lowest BCUT2D eigenvalue weighted by atomic mass is 10.1. The number of benzene rings is 3. The van der Waals surface area contributed by atoms with Crippen LogP contribution in [0.5, 0.6) is 11.5 Å². The molecule has 2 N–H and O–H groups in total. The standard InChI is InChI=1S/C22H16N2O5S/c25-22(24-14-6-2-1-3-7-14)21-20(16-8-4-5-9-19(16)30(21,26)27)23-15-10-11-17-18(12-15)29-13-28-17/h1-12,23H,13H2,(H,24,25). The van der Waals surface area contributed by atoms with Crippen molar-refractivity contribution in [2.75, 3.05) is 17.4 Å². The maximum atomic E-state index is 13.2. The van der Waals surface area contributed by atoms with E-state index >= 15 is 0 Å². The van der Waals surface area contributed by atoms with Crippen molar-refractivity contribution < 1.29 is 22.7 Å². The first kappa shape index (κ1) is 18.3. The molecule has 150 valence electrons. The van der Waals surface area contributed by atoms with Gasteiger partial charge in [-0.05, 0) is 30.3 Å². The monoisotopic (exact) mass is 420 g/mol. The number of carbonyl (C=O) groups is 1. The Bertz CT molecular complexity index is 1300. The van der Waals surface area contributed by atoms with Crippen molar-refractivity contribution in [3.63, 3.8) is 0 Å². The Balaban J connectivity index is 1.60. The van der Waals surface area contributed by atoms with E-state index in [0.29, 0.717) is 28.4 Å². The number of ether oxygens (including phenoxy) is 2. The van der Waals surface area contributed by atoms with Gasteiger partial charge >= 0.3 is 0 Å². The molecule has 8 heteroatoms. The number of para-hydroxylation sites is 1. The van der Waals surface area contributed by atoms with Crippen LogP contribution in [0.1, 0.15) is 5.56 Å². The van der Waals surface area contributed by atoms with Gasteiger partial charge in [-0.1, -0.05) is 36.4 Å². The summed E-state index contributed by atoms with van der Waals surface area (Å²) in [6, 6.07) is 20.4. The number of nitrogens with one attached hydrogen (secondary N) is 2. The molecule has 0 bridgehead atoms. The summed E-state index contributed by atoms with van der Waals surface area (Å²) < 4.78 is 37.1. The molecule has 1 amide bonds. The Kier molecular flexibility index (Phi) is 4.22. The third-order valence-corrected chi connectivity index (χ3v) is 6.68. The van der Waals surface area contributed by atoms with Crippen LogP contribution in [-0.4, -0.2) is 21.1 Å². The normalized spacial score (nSPS) is 15.6. The molecule has 0 saturated heterocycles. The molecule has 5 rings (SSSR count). The summed E-state index contributed by atoms with van der Waals surface area (Å²) in [6.07, 6.45) is 0. The molecule has 2 aliphatic heterocycles. The summed E-state index contributed by atoms with van der Waals surface area (Å²) in [6.45, 7) is 0.128. The van der Waals surface area contributed by atoms with Crippen molar-refractivity contribution in [1.82, 2.24) is 0 Å². The minimum Gasteiger partial charge on any atom is -0.454 e. The van der Waals surface area contributed by atoms with Crippen LogP contribution in [0, 0.1) is 0 Å².